The fraction of sp³-hybridized carbons (Fsp3) is 0.500. The highest BCUT2D eigenvalue weighted by molar-refractivity contribution is 5.92. The molecule has 0 fully saturated rings. The molecule has 2 rings (SSSR count). The molecule has 6 heteroatoms. The van der Waals surface area contributed by atoms with E-state index in [2.05, 4.69) is 10.3 Å². The Bertz CT molecular complexity index is 451. The van der Waals surface area contributed by atoms with Gasteiger partial charge in [0.25, 0.3) is 5.88 Å². The van der Waals surface area contributed by atoms with Gasteiger partial charge in [0.1, 0.15) is 5.82 Å². The number of anilines is 1. The highest BCUT2D eigenvalue weighted by Crippen LogP contribution is 2.26. The zero-order valence-electron chi connectivity index (χ0n) is 9.91. The molecule has 0 bridgehead atoms. The second-order valence-electron chi connectivity index (χ2n) is 4.11. The maximum Gasteiger partial charge on any atom is 0.252 e. The van der Waals surface area contributed by atoms with Crippen molar-refractivity contribution >= 4 is 11.7 Å². The number of amides is 1. The molecule has 0 aliphatic carbocycles. The second-order valence-corrected chi connectivity index (χ2v) is 4.11. The smallest absolute Gasteiger partial charge is 0.252 e. The predicted octanol–water partition coefficient (Wildman–Crippen LogP) is 1.26. The van der Waals surface area contributed by atoms with E-state index >= 15 is 0 Å². The lowest BCUT2D eigenvalue weighted by molar-refractivity contribution is -0.116. The van der Waals surface area contributed by atoms with Gasteiger partial charge in [-0.3, -0.25) is 4.79 Å². The molecule has 98 valence electrons. The van der Waals surface area contributed by atoms with E-state index < -0.39 is 5.82 Å². The van der Waals surface area contributed by atoms with Gasteiger partial charge in [0.05, 0.1) is 6.61 Å². The van der Waals surface area contributed by atoms with Crippen molar-refractivity contribution in [3.8, 4) is 5.88 Å². The number of carbonyl (C=O) groups excluding carboxylic acids is 1. The second kappa shape index (κ2) is 5.77. The van der Waals surface area contributed by atoms with E-state index in [4.69, 9.17) is 9.84 Å². The quantitative estimate of drug-likeness (QED) is 0.776. The zero-order chi connectivity index (χ0) is 13.0. The summed E-state index contributed by atoms with van der Waals surface area (Å²) in [5, 5.41) is 11.2. The van der Waals surface area contributed by atoms with Crippen LogP contribution in [0.15, 0.2) is 6.07 Å². The van der Waals surface area contributed by atoms with Gasteiger partial charge >= 0.3 is 0 Å². The minimum Gasteiger partial charge on any atom is -0.476 e. The highest BCUT2D eigenvalue weighted by Gasteiger charge is 2.19. The number of unbranched alkanes of at least 4 members (excludes halogenated alkanes) is 1. The lowest BCUT2D eigenvalue weighted by Crippen LogP contribution is -2.20. The number of aromatic nitrogens is 1. The summed E-state index contributed by atoms with van der Waals surface area (Å²) in [7, 11) is 0. The van der Waals surface area contributed by atoms with E-state index in [0.717, 1.165) is 0 Å². The molecule has 0 radical (unpaired) electrons. The molecule has 0 aromatic carbocycles. The maximum atomic E-state index is 13.6. The van der Waals surface area contributed by atoms with E-state index in [1.807, 2.05) is 0 Å². The Morgan fingerprint density at radius 1 is 1.44 bits per heavy atom. The Hall–Kier alpha value is -1.69. The number of aryl methyl sites for hydroxylation is 1. The molecule has 0 unspecified atom stereocenters. The van der Waals surface area contributed by atoms with Gasteiger partial charge in [-0.25, -0.2) is 4.39 Å². The Morgan fingerprint density at radius 2 is 2.28 bits per heavy atom. The number of aliphatic hydroxyl groups is 1. The minimum absolute atomic E-state index is 0.0829. The summed E-state index contributed by atoms with van der Waals surface area (Å²) < 4.78 is 18.8. The van der Waals surface area contributed by atoms with Crippen LogP contribution in [0.2, 0.25) is 0 Å². The first kappa shape index (κ1) is 12.8. The van der Waals surface area contributed by atoms with Crippen LogP contribution in [0.25, 0.3) is 0 Å². The van der Waals surface area contributed by atoms with Crippen LogP contribution in [0.1, 0.15) is 24.8 Å². The van der Waals surface area contributed by atoms with Crippen LogP contribution < -0.4 is 10.1 Å². The van der Waals surface area contributed by atoms with Crippen molar-refractivity contribution in [2.75, 3.05) is 18.5 Å². The van der Waals surface area contributed by atoms with Crippen molar-refractivity contribution < 1.29 is 19.0 Å². The van der Waals surface area contributed by atoms with Crippen LogP contribution in [-0.4, -0.2) is 29.2 Å². The van der Waals surface area contributed by atoms with Crippen molar-refractivity contribution in [2.24, 2.45) is 0 Å². The number of nitrogens with zero attached hydrogens (tertiary/aromatic N) is 1. The van der Waals surface area contributed by atoms with E-state index in [1.54, 1.807) is 0 Å². The molecule has 0 saturated carbocycles. The summed E-state index contributed by atoms with van der Waals surface area (Å²) >= 11 is 0. The number of nitrogens with one attached hydrogen (secondary N) is 1. The van der Waals surface area contributed by atoms with Gasteiger partial charge in [-0.05, 0) is 30.9 Å². The van der Waals surface area contributed by atoms with Crippen LogP contribution >= 0.6 is 0 Å². The molecular formula is C12H15FN2O3. The van der Waals surface area contributed by atoms with E-state index in [9.17, 15) is 9.18 Å². The Labute approximate surface area is 104 Å². The van der Waals surface area contributed by atoms with E-state index in [0.29, 0.717) is 37.1 Å². The van der Waals surface area contributed by atoms with Gasteiger partial charge in [0.15, 0.2) is 5.82 Å². The van der Waals surface area contributed by atoms with Crippen LogP contribution in [0, 0.1) is 5.82 Å². The lowest BCUT2D eigenvalue weighted by atomic mass is 10.1. The largest absolute Gasteiger partial charge is 0.476 e. The summed E-state index contributed by atoms with van der Waals surface area (Å²) in [6.07, 6.45) is 2.07. The number of halogens is 1. The third kappa shape index (κ3) is 2.95. The van der Waals surface area contributed by atoms with Gasteiger partial charge in [-0.1, -0.05) is 0 Å². The summed E-state index contributed by atoms with van der Waals surface area (Å²) in [6, 6.07) is 1.35. The summed E-state index contributed by atoms with van der Waals surface area (Å²) in [6.45, 7) is 0.372. The maximum absolute atomic E-state index is 13.6. The Morgan fingerprint density at radius 3 is 3.06 bits per heavy atom. The van der Waals surface area contributed by atoms with Crippen molar-refractivity contribution in [2.45, 2.75) is 25.7 Å². The summed E-state index contributed by atoms with van der Waals surface area (Å²) in [5.41, 5.74) is 0.690. The third-order valence-corrected chi connectivity index (χ3v) is 2.69. The molecule has 18 heavy (non-hydrogen) atoms. The first-order chi connectivity index (χ1) is 8.70. The fourth-order valence-electron chi connectivity index (χ4n) is 1.74. The average Bonchev–Trinajstić information content (AvgIpc) is 2.35. The number of rotatable bonds is 5. The van der Waals surface area contributed by atoms with Crippen molar-refractivity contribution in [3.63, 3.8) is 0 Å². The molecule has 1 amide bonds. The van der Waals surface area contributed by atoms with Crippen LogP contribution in [-0.2, 0) is 11.2 Å². The first-order valence-electron chi connectivity index (χ1n) is 5.93. The molecule has 1 aromatic rings. The Kier molecular flexibility index (Phi) is 4.09. The molecule has 0 atom stereocenters. The number of ether oxygens (including phenoxy) is 1. The summed E-state index contributed by atoms with van der Waals surface area (Å²) in [4.78, 5) is 15.2. The average molecular weight is 254 g/mol. The molecular weight excluding hydrogens is 239 g/mol. The van der Waals surface area contributed by atoms with Gasteiger partial charge in [-0.15, -0.1) is 0 Å². The predicted molar refractivity (Wildman–Crippen MR) is 63.0 cm³/mol. The number of pyridine rings is 1. The molecule has 1 aliphatic rings. The van der Waals surface area contributed by atoms with Crippen LogP contribution in [0.3, 0.4) is 0 Å². The number of hydrogen-bond acceptors (Lipinski definition) is 4. The van der Waals surface area contributed by atoms with Gasteiger partial charge in [0.2, 0.25) is 5.91 Å². The molecule has 0 saturated heterocycles. The molecule has 1 aliphatic heterocycles. The summed E-state index contributed by atoms with van der Waals surface area (Å²) in [5.74, 6) is -0.361. The van der Waals surface area contributed by atoms with Crippen LogP contribution in [0.4, 0.5) is 10.2 Å². The molecule has 5 nitrogen and oxygen atoms in total. The first-order valence-corrected chi connectivity index (χ1v) is 5.93. The normalized spacial score (nSPS) is 14.0. The van der Waals surface area contributed by atoms with Crippen molar-refractivity contribution in [1.82, 2.24) is 4.98 Å². The van der Waals surface area contributed by atoms with E-state index in [1.165, 1.54) is 6.07 Å². The highest BCUT2D eigenvalue weighted by atomic mass is 19.1. The minimum atomic E-state index is -0.520. The lowest BCUT2D eigenvalue weighted by Gasteiger charge is -2.17. The molecule has 2 heterocycles. The zero-order valence-corrected chi connectivity index (χ0v) is 9.91. The van der Waals surface area contributed by atoms with Crippen molar-refractivity contribution in [3.05, 3.63) is 17.4 Å². The van der Waals surface area contributed by atoms with Gasteiger partial charge < -0.3 is 15.2 Å². The number of carbonyl (C=O) groups is 1. The third-order valence-electron chi connectivity index (χ3n) is 2.69. The van der Waals surface area contributed by atoms with Crippen LogP contribution in [0.5, 0.6) is 5.88 Å². The Balaban J connectivity index is 2.06. The number of fused-ring (bicyclic) bond motifs is 1. The van der Waals surface area contributed by atoms with Gasteiger partial charge in [0, 0.05) is 13.0 Å². The fourth-order valence-corrected chi connectivity index (χ4v) is 1.74. The standard InChI is InChI=1S/C12H15FN2O3/c13-9-7-8-3-4-10(17)14-11(8)15-12(9)18-6-2-1-5-16/h7,16H,1-6H2,(H,14,15,17). The number of hydrogen-bond donors (Lipinski definition) is 2. The van der Waals surface area contributed by atoms with Gasteiger partial charge in [-0.2, -0.15) is 4.98 Å². The number of aliphatic hydroxyl groups excluding tert-OH is 1. The molecule has 1 aromatic heterocycles. The SMILES string of the molecule is O=C1CCc2cc(F)c(OCCCCO)nc2N1. The topological polar surface area (TPSA) is 71.5 Å². The monoisotopic (exact) mass is 254 g/mol. The van der Waals surface area contributed by atoms with E-state index in [-0.39, 0.29) is 25.0 Å². The van der Waals surface area contributed by atoms with Crippen molar-refractivity contribution in [1.29, 1.82) is 0 Å². The molecule has 0 spiro atoms. The molecule has 2 N–H and O–H groups in total.